The molecule has 0 spiro atoms. The van der Waals surface area contributed by atoms with E-state index < -0.39 is 18.4 Å². The van der Waals surface area contributed by atoms with Gasteiger partial charge >= 0.3 is 6.18 Å². The molecule has 2 rings (SSSR count). The third-order valence-electron chi connectivity index (χ3n) is 2.44. The van der Waals surface area contributed by atoms with E-state index in [1.165, 1.54) is 29.1 Å². The normalized spacial score (nSPS) is 11.8. The lowest BCUT2D eigenvalue weighted by Crippen LogP contribution is -2.16. The highest BCUT2D eigenvalue weighted by atomic mass is 79.9. The molecule has 0 radical (unpaired) electrons. The van der Waals surface area contributed by atoms with E-state index in [0.717, 1.165) is 0 Å². The minimum atomic E-state index is -4.31. The maximum atomic E-state index is 13.2. The van der Waals surface area contributed by atoms with Crippen LogP contribution in [-0.4, -0.2) is 15.7 Å². The molecule has 0 amide bonds. The lowest BCUT2D eigenvalue weighted by Gasteiger charge is -2.10. The lowest BCUT2D eigenvalue weighted by molar-refractivity contribution is -0.128. The molecule has 0 atom stereocenters. The highest BCUT2D eigenvalue weighted by Gasteiger charge is 2.30. The molecule has 19 heavy (non-hydrogen) atoms. The van der Waals surface area contributed by atoms with Gasteiger partial charge in [0.25, 0.3) is 0 Å². The van der Waals surface area contributed by atoms with Crippen LogP contribution in [0.5, 0.6) is 0 Å². The molecule has 0 saturated carbocycles. The topological polar surface area (TPSA) is 17.8 Å². The van der Waals surface area contributed by atoms with Gasteiger partial charge in [-0.2, -0.15) is 13.2 Å². The fourth-order valence-corrected chi connectivity index (χ4v) is 2.24. The van der Waals surface area contributed by atoms with Crippen LogP contribution in [0.25, 0.3) is 0 Å². The molecule has 2 nitrogen and oxygen atoms in total. The Morgan fingerprint density at radius 3 is 2.58 bits per heavy atom. The summed E-state index contributed by atoms with van der Waals surface area (Å²) < 4.78 is 52.1. The minimum Gasteiger partial charge on any atom is -0.330 e. The van der Waals surface area contributed by atoms with Crippen LogP contribution in [0, 0.1) is 5.82 Å². The van der Waals surface area contributed by atoms with Crippen LogP contribution in [0.2, 0.25) is 0 Å². The second-order valence-electron chi connectivity index (χ2n) is 4.04. The summed E-state index contributed by atoms with van der Waals surface area (Å²) in [5, 5.41) is 0. The van der Waals surface area contributed by atoms with Gasteiger partial charge in [0.05, 0.1) is 0 Å². The van der Waals surface area contributed by atoms with Gasteiger partial charge in [0.1, 0.15) is 18.1 Å². The molecule has 1 heterocycles. The number of hydrogen-bond acceptors (Lipinski definition) is 1. The third-order valence-corrected chi connectivity index (χ3v) is 2.89. The zero-order valence-corrected chi connectivity index (χ0v) is 11.2. The number of halogens is 5. The van der Waals surface area contributed by atoms with Gasteiger partial charge in [0.2, 0.25) is 0 Å². The fourth-order valence-electron chi connectivity index (χ4n) is 1.73. The molecule has 0 N–H and O–H groups in total. The monoisotopic (exact) mass is 336 g/mol. The standard InChI is InChI=1S/C12H9BrF4N2/c13-9-3-8(4-10(14)5-9)7-19-2-1-18-11(19)6-12(15,16)17/h1-5H,6-7H2. The highest BCUT2D eigenvalue weighted by Crippen LogP contribution is 2.21. The summed E-state index contributed by atoms with van der Waals surface area (Å²) in [5.41, 5.74) is 0.563. The highest BCUT2D eigenvalue weighted by molar-refractivity contribution is 9.10. The molecule has 2 aromatic rings. The van der Waals surface area contributed by atoms with E-state index in [4.69, 9.17) is 0 Å². The molecule has 7 heteroatoms. The van der Waals surface area contributed by atoms with Crippen LogP contribution in [0.1, 0.15) is 11.4 Å². The maximum Gasteiger partial charge on any atom is 0.396 e. The first-order chi connectivity index (χ1) is 8.83. The van der Waals surface area contributed by atoms with Crippen molar-refractivity contribution in [1.82, 2.24) is 9.55 Å². The maximum absolute atomic E-state index is 13.2. The number of benzene rings is 1. The second kappa shape index (κ2) is 5.32. The van der Waals surface area contributed by atoms with E-state index in [-0.39, 0.29) is 12.4 Å². The van der Waals surface area contributed by atoms with E-state index in [0.29, 0.717) is 10.0 Å². The molecule has 0 aliphatic heterocycles. The summed E-state index contributed by atoms with van der Waals surface area (Å²) in [4.78, 5) is 3.68. The van der Waals surface area contributed by atoms with Crippen LogP contribution in [0.4, 0.5) is 17.6 Å². The average Bonchev–Trinajstić information content (AvgIpc) is 2.61. The van der Waals surface area contributed by atoms with Crippen molar-refractivity contribution in [3.8, 4) is 0 Å². The van der Waals surface area contributed by atoms with Gasteiger partial charge in [-0.3, -0.25) is 0 Å². The van der Waals surface area contributed by atoms with Gasteiger partial charge in [0.15, 0.2) is 0 Å². The molecule has 102 valence electrons. The Balaban J connectivity index is 2.22. The van der Waals surface area contributed by atoms with E-state index >= 15 is 0 Å². The Morgan fingerprint density at radius 2 is 1.95 bits per heavy atom. The molecule has 0 aliphatic carbocycles. The van der Waals surface area contributed by atoms with Gasteiger partial charge in [-0.05, 0) is 23.8 Å². The van der Waals surface area contributed by atoms with E-state index in [1.54, 1.807) is 6.07 Å². The predicted molar refractivity (Wildman–Crippen MR) is 65.2 cm³/mol. The molecular formula is C12H9BrF4N2. The molecule has 0 bridgehead atoms. The van der Waals surface area contributed by atoms with Crippen LogP contribution in [0.15, 0.2) is 35.1 Å². The lowest BCUT2D eigenvalue weighted by atomic mass is 10.2. The Labute approximate surface area is 115 Å². The molecule has 1 aromatic heterocycles. The van der Waals surface area contributed by atoms with E-state index in [9.17, 15) is 17.6 Å². The van der Waals surface area contributed by atoms with Crippen LogP contribution >= 0.6 is 15.9 Å². The zero-order valence-electron chi connectivity index (χ0n) is 9.59. The van der Waals surface area contributed by atoms with E-state index in [1.807, 2.05) is 0 Å². The Hall–Kier alpha value is -1.37. The summed E-state index contributed by atoms with van der Waals surface area (Å²) >= 11 is 3.14. The van der Waals surface area contributed by atoms with Crippen molar-refractivity contribution in [2.24, 2.45) is 0 Å². The Morgan fingerprint density at radius 1 is 1.21 bits per heavy atom. The summed E-state index contributed by atoms with van der Waals surface area (Å²) in [7, 11) is 0. The van der Waals surface area contributed by atoms with Crippen molar-refractivity contribution >= 4 is 15.9 Å². The van der Waals surface area contributed by atoms with Crippen molar-refractivity contribution in [1.29, 1.82) is 0 Å². The number of alkyl halides is 3. The van der Waals surface area contributed by atoms with Crippen molar-refractivity contribution < 1.29 is 17.6 Å². The second-order valence-corrected chi connectivity index (χ2v) is 4.96. The summed E-state index contributed by atoms with van der Waals surface area (Å²) in [6, 6.07) is 4.22. The van der Waals surface area contributed by atoms with Crippen LogP contribution in [0.3, 0.4) is 0 Å². The molecular weight excluding hydrogens is 328 g/mol. The Kier molecular flexibility index (Phi) is 3.93. The SMILES string of the molecule is Fc1cc(Br)cc(Cn2ccnc2CC(F)(F)F)c1. The summed E-state index contributed by atoms with van der Waals surface area (Å²) in [6.45, 7) is 0.141. The van der Waals surface area contributed by atoms with Crippen LogP contribution in [-0.2, 0) is 13.0 Å². The first-order valence-corrected chi connectivity index (χ1v) is 6.14. The van der Waals surface area contributed by atoms with Crippen molar-refractivity contribution in [3.63, 3.8) is 0 Å². The number of aromatic nitrogens is 2. The zero-order chi connectivity index (χ0) is 14.0. The minimum absolute atomic E-state index is 0.0899. The number of hydrogen-bond donors (Lipinski definition) is 0. The quantitative estimate of drug-likeness (QED) is 0.776. The van der Waals surface area contributed by atoms with Crippen LogP contribution < -0.4 is 0 Å². The summed E-state index contributed by atoms with van der Waals surface area (Å²) in [6.07, 6.45) is -2.67. The van der Waals surface area contributed by atoms with Gasteiger partial charge in [-0.25, -0.2) is 9.37 Å². The number of imidazole rings is 1. The number of rotatable bonds is 3. The first-order valence-electron chi connectivity index (χ1n) is 5.35. The van der Waals surface area contributed by atoms with Crippen molar-refractivity contribution in [2.75, 3.05) is 0 Å². The third kappa shape index (κ3) is 4.05. The van der Waals surface area contributed by atoms with Gasteiger partial charge in [0, 0.05) is 23.4 Å². The van der Waals surface area contributed by atoms with Gasteiger partial charge in [-0.15, -0.1) is 0 Å². The van der Waals surface area contributed by atoms with Gasteiger partial charge < -0.3 is 4.57 Å². The summed E-state index contributed by atoms with van der Waals surface area (Å²) in [5.74, 6) is -0.533. The molecule has 0 unspecified atom stereocenters. The Bertz CT molecular complexity index is 557. The number of nitrogens with zero attached hydrogens (tertiary/aromatic N) is 2. The average molecular weight is 337 g/mol. The molecule has 0 fully saturated rings. The largest absolute Gasteiger partial charge is 0.396 e. The first kappa shape index (κ1) is 14.0. The van der Waals surface area contributed by atoms with E-state index in [2.05, 4.69) is 20.9 Å². The van der Waals surface area contributed by atoms with Gasteiger partial charge in [-0.1, -0.05) is 15.9 Å². The van der Waals surface area contributed by atoms with Crippen molar-refractivity contribution in [3.05, 3.63) is 52.3 Å². The fraction of sp³-hybridized carbons (Fsp3) is 0.250. The molecule has 0 saturated heterocycles. The molecule has 1 aromatic carbocycles. The smallest absolute Gasteiger partial charge is 0.330 e. The molecule has 0 aliphatic rings. The van der Waals surface area contributed by atoms with Crippen molar-refractivity contribution in [2.45, 2.75) is 19.1 Å². The predicted octanol–water partition coefficient (Wildman–Crippen LogP) is 3.94.